The summed E-state index contributed by atoms with van der Waals surface area (Å²) >= 11 is 0. The van der Waals surface area contributed by atoms with Crippen molar-refractivity contribution in [2.24, 2.45) is 35.5 Å². The summed E-state index contributed by atoms with van der Waals surface area (Å²) in [6, 6.07) is 0. The van der Waals surface area contributed by atoms with Crippen molar-refractivity contribution in [2.75, 3.05) is 13.1 Å². The van der Waals surface area contributed by atoms with Crippen LogP contribution < -0.4 is 0 Å². The molecule has 6 aliphatic rings. The highest BCUT2D eigenvalue weighted by Gasteiger charge is 2.57. The van der Waals surface area contributed by atoms with Gasteiger partial charge in [0.15, 0.2) is 0 Å². The molecule has 0 radical (unpaired) electrons. The van der Waals surface area contributed by atoms with Crippen LogP contribution in [-0.2, 0) is 4.79 Å². The molecule has 6 fully saturated rings. The fourth-order valence-corrected chi connectivity index (χ4v) is 6.19. The Balaban J connectivity index is 1.30. The Morgan fingerprint density at radius 3 is 2.00 bits per heavy atom. The highest BCUT2D eigenvalue weighted by atomic mass is 16.3. The Labute approximate surface area is 120 Å². The van der Waals surface area contributed by atoms with E-state index >= 15 is 0 Å². The first kappa shape index (κ1) is 12.0. The summed E-state index contributed by atoms with van der Waals surface area (Å²) in [7, 11) is 0. The molecule has 110 valence electrons. The predicted molar refractivity (Wildman–Crippen MR) is 74.8 cm³/mol. The van der Waals surface area contributed by atoms with Gasteiger partial charge in [-0.3, -0.25) is 4.79 Å². The second kappa shape index (κ2) is 3.79. The van der Waals surface area contributed by atoms with Crippen molar-refractivity contribution in [2.45, 2.75) is 50.5 Å². The molecule has 4 bridgehead atoms. The molecular weight excluding hydrogens is 250 g/mol. The maximum absolute atomic E-state index is 12.9. The standard InChI is InChI=1S/C17H25NO2/c19-16(18-8-17(20,9-18)14-1-2-14)15-12-4-10-3-11(6-12)7-13(15)5-10/h10-15,20H,1-9H2. The third kappa shape index (κ3) is 1.59. The molecule has 1 amide bonds. The van der Waals surface area contributed by atoms with Gasteiger partial charge in [-0.25, -0.2) is 0 Å². The Kier molecular flexibility index (Phi) is 2.28. The van der Waals surface area contributed by atoms with E-state index in [9.17, 15) is 9.90 Å². The van der Waals surface area contributed by atoms with Crippen molar-refractivity contribution in [1.82, 2.24) is 4.90 Å². The first-order valence-electron chi connectivity index (χ1n) is 8.63. The number of carbonyl (C=O) groups is 1. The van der Waals surface area contributed by atoms with Gasteiger partial charge in [0, 0.05) is 5.92 Å². The summed E-state index contributed by atoms with van der Waals surface area (Å²) in [6.07, 6.45) is 9.01. The third-order valence-corrected chi connectivity index (χ3v) is 7.09. The highest BCUT2D eigenvalue weighted by molar-refractivity contribution is 5.81. The molecule has 6 rings (SSSR count). The minimum absolute atomic E-state index is 0.312. The zero-order valence-corrected chi connectivity index (χ0v) is 12.1. The molecule has 3 nitrogen and oxygen atoms in total. The topological polar surface area (TPSA) is 40.5 Å². The average molecular weight is 275 g/mol. The third-order valence-electron chi connectivity index (χ3n) is 7.09. The number of hydrogen-bond acceptors (Lipinski definition) is 2. The first-order valence-corrected chi connectivity index (χ1v) is 8.63. The lowest BCUT2D eigenvalue weighted by Gasteiger charge is -2.56. The van der Waals surface area contributed by atoms with E-state index in [1.165, 1.54) is 32.1 Å². The van der Waals surface area contributed by atoms with Crippen LogP contribution in [0.1, 0.15) is 44.9 Å². The number of likely N-dealkylation sites (tertiary alicyclic amines) is 1. The van der Waals surface area contributed by atoms with Crippen molar-refractivity contribution in [1.29, 1.82) is 0 Å². The monoisotopic (exact) mass is 275 g/mol. The van der Waals surface area contributed by atoms with Crippen LogP contribution in [0.25, 0.3) is 0 Å². The van der Waals surface area contributed by atoms with E-state index in [2.05, 4.69) is 0 Å². The number of rotatable bonds is 2. The van der Waals surface area contributed by atoms with Gasteiger partial charge < -0.3 is 10.0 Å². The van der Waals surface area contributed by atoms with Crippen LogP contribution >= 0.6 is 0 Å². The van der Waals surface area contributed by atoms with Gasteiger partial charge in [0.1, 0.15) is 5.60 Å². The minimum Gasteiger partial charge on any atom is -0.386 e. The second-order valence-electron chi connectivity index (χ2n) is 8.53. The first-order chi connectivity index (χ1) is 9.62. The van der Waals surface area contributed by atoms with E-state index < -0.39 is 5.60 Å². The Morgan fingerprint density at radius 1 is 0.950 bits per heavy atom. The van der Waals surface area contributed by atoms with Crippen LogP contribution in [0.3, 0.4) is 0 Å². The number of nitrogens with zero attached hydrogens (tertiary/aromatic N) is 1. The van der Waals surface area contributed by atoms with Crippen LogP contribution in [0.2, 0.25) is 0 Å². The molecule has 5 aliphatic carbocycles. The normalized spacial score (nSPS) is 48.2. The van der Waals surface area contributed by atoms with Crippen LogP contribution in [-0.4, -0.2) is 34.6 Å². The van der Waals surface area contributed by atoms with Crippen LogP contribution in [0, 0.1) is 35.5 Å². The largest absolute Gasteiger partial charge is 0.386 e. The van der Waals surface area contributed by atoms with Crippen LogP contribution in [0.15, 0.2) is 0 Å². The maximum Gasteiger partial charge on any atom is 0.226 e. The van der Waals surface area contributed by atoms with E-state index in [0.29, 0.717) is 42.7 Å². The smallest absolute Gasteiger partial charge is 0.226 e. The SMILES string of the molecule is O=C(C1C2CC3CC(C2)CC1C3)N1CC(O)(C2CC2)C1. The predicted octanol–water partition coefficient (Wildman–Crippen LogP) is 2.04. The average Bonchev–Trinajstić information content (AvgIpc) is 3.17. The summed E-state index contributed by atoms with van der Waals surface area (Å²) in [5, 5.41) is 10.4. The Morgan fingerprint density at radius 2 is 1.50 bits per heavy atom. The molecular formula is C17H25NO2. The van der Waals surface area contributed by atoms with Crippen molar-refractivity contribution in [3.63, 3.8) is 0 Å². The maximum atomic E-state index is 12.9. The molecule has 1 N–H and O–H groups in total. The molecule has 0 unspecified atom stereocenters. The highest BCUT2D eigenvalue weighted by Crippen LogP contribution is 2.57. The van der Waals surface area contributed by atoms with Gasteiger partial charge in [0.25, 0.3) is 0 Å². The van der Waals surface area contributed by atoms with Crippen molar-refractivity contribution >= 4 is 5.91 Å². The zero-order valence-electron chi connectivity index (χ0n) is 12.1. The number of β-amino-alcohol motifs (C(OH)–C–C–N with tert-alkyl or cyclic N) is 1. The lowest BCUT2D eigenvalue weighted by Crippen LogP contribution is -2.67. The molecule has 0 aromatic heterocycles. The molecule has 20 heavy (non-hydrogen) atoms. The Bertz CT molecular complexity index is 422. The lowest BCUT2D eigenvalue weighted by atomic mass is 9.51. The van der Waals surface area contributed by atoms with Gasteiger partial charge in [-0.1, -0.05) is 0 Å². The van der Waals surface area contributed by atoms with Gasteiger partial charge >= 0.3 is 0 Å². The number of amides is 1. The van der Waals surface area contributed by atoms with Crippen molar-refractivity contribution in [3.05, 3.63) is 0 Å². The summed E-state index contributed by atoms with van der Waals surface area (Å²) in [5.74, 6) is 4.41. The fourth-order valence-electron chi connectivity index (χ4n) is 6.19. The lowest BCUT2D eigenvalue weighted by molar-refractivity contribution is -0.174. The molecule has 0 spiro atoms. The van der Waals surface area contributed by atoms with E-state index in [1.54, 1.807) is 0 Å². The summed E-state index contributed by atoms with van der Waals surface area (Å²) in [6.45, 7) is 1.25. The summed E-state index contributed by atoms with van der Waals surface area (Å²) in [5.41, 5.74) is -0.512. The summed E-state index contributed by atoms with van der Waals surface area (Å²) < 4.78 is 0. The minimum atomic E-state index is -0.512. The second-order valence-corrected chi connectivity index (χ2v) is 8.53. The van der Waals surface area contributed by atoms with E-state index in [-0.39, 0.29) is 0 Å². The molecule has 1 heterocycles. The number of hydrogen-bond donors (Lipinski definition) is 1. The van der Waals surface area contributed by atoms with Crippen LogP contribution in [0.4, 0.5) is 0 Å². The molecule has 3 heteroatoms. The Hall–Kier alpha value is -0.570. The summed E-state index contributed by atoms with van der Waals surface area (Å²) in [4.78, 5) is 14.8. The van der Waals surface area contributed by atoms with Gasteiger partial charge in [-0.05, 0) is 74.5 Å². The molecule has 0 aromatic carbocycles. The molecule has 0 aromatic rings. The van der Waals surface area contributed by atoms with E-state index in [0.717, 1.165) is 24.7 Å². The zero-order chi connectivity index (χ0) is 13.5. The van der Waals surface area contributed by atoms with E-state index in [1.807, 2.05) is 4.90 Å². The number of aliphatic hydroxyl groups is 1. The molecule has 1 saturated heterocycles. The number of carbonyl (C=O) groups excluding carboxylic acids is 1. The molecule has 1 aliphatic heterocycles. The van der Waals surface area contributed by atoms with Crippen molar-refractivity contribution in [3.8, 4) is 0 Å². The van der Waals surface area contributed by atoms with Crippen molar-refractivity contribution < 1.29 is 9.90 Å². The van der Waals surface area contributed by atoms with Gasteiger partial charge in [-0.15, -0.1) is 0 Å². The fraction of sp³-hybridized carbons (Fsp3) is 0.941. The van der Waals surface area contributed by atoms with Gasteiger partial charge in [-0.2, -0.15) is 0 Å². The quantitative estimate of drug-likeness (QED) is 0.838. The van der Waals surface area contributed by atoms with Gasteiger partial charge in [0.2, 0.25) is 5.91 Å². The van der Waals surface area contributed by atoms with Gasteiger partial charge in [0.05, 0.1) is 13.1 Å². The van der Waals surface area contributed by atoms with Crippen LogP contribution in [0.5, 0.6) is 0 Å². The van der Waals surface area contributed by atoms with E-state index in [4.69, 9.17) is 0 Å². The molecule has 5 saturated carbocycles. The molecule has 0 atom stereocenters.